The van der Waals surface area contributed by atoms with E-state index in [0.29, 0.717) is 11.6 Å². The highest BCUT2D eigenvalue weighted by atomic mass is 14.9. The molecule has 0 aliphatic rings. The third-order valence-electron chi connectivity index (χ3n) is 15.4. The zero-order chi connectivity index (χ0) is 54.6. The fourth-order valence-corrected chi connectivity index (χ4v) is 11.0. The van der Waals surface area contributed by atoms with Gasteiger partial charge in [-0.3, -0.25) is 0 Å². The van der Waals surface area contributed by atoms with Gasteiger partial charge in [0.15, 0.2) is 11.6 Å². The quantitative estimate of drug-likeness (QED) is 0.122. The zero-order valence-electron chi connectivity index (χ0n) is 44.8. The van der Waals surface area contributed by atoms with Gasteiger partial charge in [-0.1, -0.05) is 303 Å². The summed E-state index contributed by atoms with van der Waals surface area (Å²) in [6.45, 7) is 0. The lowest BCUT2D eigenvalue weighted by Crippen LogP contribution is -1.96. The van der Waals surface area contributed by atoms with Crippen LogP contribution in [0.25, 0.3) is 145 Å². The van der Waals surface area contributed by atoms with Gasteiger partial charge in [-0.25, -0.2) is 19.9 Å². The second-order valence-electron chi connectivity index (χ2n) is 20.6. The molecule has 384 valence electrons. The highest BCUT2D eigenvalue weighted by molar-refractivity contribution is 6.04. The molecule has 0 spiro atoms. The SMILES string of the molecule is c1ccc(-c2ccc(-c3cc(-c4ccc(-c5cccc6c(-c7ccc(-c8cc(-c9ccc(-c%10ccccc%10)cc9)nc(-c9ccc(-c%10ccccc%10)cc9)n8)cc7)cccc56)cc4)nc(-c4ccc(-c5ccccc5)cc4)n3)cc2)cc1. The van der Waals surface area contributed by atoms with E-state index in [1.54, 1.807) is 0 Å². The lowest BCUT2D eigenvalue weighted by Gasteiger charge is -2.13. The van der Waals surface area contributed by atoms with E-state index in [9.17, 15) is 0 Å². The average Bonchev–Trinajstić information content (AvgIpc) is 3.66. The van der Waals surface area contributed by atoms with Crippen LogP contribution in [0.5, 0.6) is 0 Å². The molecule has 2 aromatic heterocycles. The lowest BCUT2D eigenvalue weighted by molar-refractivity contribution is 1.18. The maximum Gasteiger partial charge on any atom is 0.160 e. The van der Waals surface area contributed by atoms with Crippen LogP contribution in [0.15, 0.2) is 315 Å². The Bertz CT molecular complexity index is 4010. The van der Waals surface area contributed by atoms with Crippen molar-refractivity contribution in [2.24, 2.45) is 0 Å². The van der Waals surface area contributed by atoms with Crippen molar-refractivity contribution in [1.82, 2.24) is 19.9 Å². The van der Waals surface area contributed by atoms with Gasteiger partial charge in [-0.2, -0.15) is 0 Å². The molecule has 14 rings (SSSR count). The largest absolute Gasteiger partial charge is 0.228 e. The van der Waals surface area contributed by atoms with Gasteiger partial charge < -0.3 is 0 Å². The van der Waals surface area contributed by atoms with Crippen LogP contribution in [0.4, 0.5) is 0 Å². The zero-order valence-corrected chi connectivity index (χ0v) is 44.8. The Hall–Kier alpha value is -10.9. The molecule has 0 aliphatic carbocycles. The average molecular weight is 1050 g/mol. The maximum absolute atomic E-state index is 5.23. The van der Waals surface area contributed by atoms with E-state index in [4.69, 9.17) is 19.9 Å². The first kappa shape index (κ1) is 49.4. The van der Waals surface area contributed by atoms with E-state index >= 15 is 0 Å². The molecule has 4 nitrogen and oxygen atoms in total. The predicted molar refractivity (Wildman–Crippen MR) is 340 cm³/mol. The number of aromatic nitrogens is 4. The standard InChI is InChI=1S/C78H52N4/c1-5-15-53(16-6-1)57-27-39-63(40-28-57)73-51-75(81-77(79-73)67-47-31-59(32-48-67)55-19-9-3-10-20-55)65-43-35-61(36-44-65)69-23-13-26-72-70(24-14-25-71(69)72)62-37-45-66(46-38-62)76-52-74(64-41-29-58(30-42-64)54-17-7-2-8-18-54)80-78(82-76)68-49-33-60(34-50-68)56-21-11-4-12-22-56/h1-52H. The number of rotatable bonds is 12. The summed E-state index contributed by atoms with van der Waals surface area (Å²) in [6, 6.07) is 111. The Kier molecular flexibility index (Phi) is 13.3. The van der Waals surface area contributed by atoms with Crippen LogP contribution in [0.3, 0.4) is 0 Å². The van der Waals surface area contributed by atoms with E-state index in [-0.39, 0.29) is 0 Å². The molecule has 12 aromatic carbocycles. The molecule has 0 bridgehead atoms. The highest BCUT2D eigenvalue weighted by Gasteiger charge is 2.16. The van der Waals surface area contributed by atoms with Crippen molar-refractivity contribution >= 4 is 10.8 Å². The van der Waals surface area contributed by atoms with Gasteiger partial charge in [-0.05, 0) is 89.7 Å². The third kappa shape index (κ3) is 10.2. The molecule has 0 aliphatic heterocycles. The van der Waals surface area contributed by atoms with Crippen LogP contribution < -0.4 is 0 Å². The predicted octanol–water partition coefficient (Wildman–Crippen LogP) is 20.4. The Labute approximate surface area is 478 Å². The summed E-state index contributed by atoms with van der Waals surface area (Å²) < 4.78 is 0. The summed E-state index contributed by atoms with van der Waals surface area (Å²) in [5.41, 5.74) is 23.4. The number of fused-ring (bicyclic) bond motifs is 1. The minimum atomic E-state index is 0.680. The first-order valence-electron chi connectivity index (χ1n) is 27.8. The molecule has 0 radical (unpaired) electrons. The molecule has 4 heteroatoms. The summed E-state index contributed by atoms with van der Waals surface area (Å²) in [5.74, 6) is 1.36. The summed E-state index contributed by atoms with van der Waals surface area (Å²) in [6.07, 6.45) is 0. The van der Waals surface area contributed by atoms with Crippen LogP contribution in [-0.4, -0.2) is 19.9 Å². The van der Waals surface area contributed by atoms with E-state index in [2.05, 4.69) is 291 Å². The van der Waals surface area contributed by atoms with Gasteiger partial charge in [0.2, 0.25) is 0 Å². The van der Waals surface area contributed by atoms with Gasteiger partial charge >= 0.3 is 0 Å². The Morgan fingerprint density at radius 2 is 0.354 bits per heavy atom. The van der Waals surface area contributed by atoms with E-state index in [1.807, 2.05) is 24.3 Å². The van der Waals surface area contributed by atoms with Crippen LogP contribution in [0.1, 0.15) is 0 Å². The maximum atomic E-state index is 5.23. The second-order valence-corrected chi connectivity index (χ2v) is 20.6. The number of hydrogen-bond donors (Lipinski definition) is 0. The summed E-state index contributed by atoms with van der Waals surface area (Å²) in [4.78, 5) is 20.8. The molecule has 2 heterocycles. The fourth-order valence-electron chi connectivity index (χ4n) is 11.0. The molecular weight excluding hydrogens is 993 g/mol. The molecule has 0 saturated heterocycles. The molecule has 0 unspecified atom stereocenters. The Morgan fingerprint density at radius 3 is 0.610 bits per heavy atom. The third-order valence-corrected chi connectivity index (χ3v) is 15.4. The van der Waals surface area contributed by atoms with Crippen molar-refractivity contribution < 1.29 is 0 Å². The van der Waals surface area contributed by atoms with Gasteiger partial charge in [-0.15, -0.1) is 0 Å². The number of nitrogens with zero attached hydrogens (tertiary/aromatic N) is 4. The van der Waals surface area contributed by atoms with Crippen LogP contribution in [-0.2, 0) is 0 Å². The van der Waals surface area contributed by atoms with Crippen molar-refractivity contribution in [3.05, 3.63) is 315 Å². The summed E-state index contributed by atoms with van der Waals surface area (Å²) in [5, 5.41) is 2.37. The topological polar surface area (TPSA) is 51.6 Å². The highest BCUT2D eigenvalue weighted by Crippen LogP contribution is 2.38. The minimum Gasteiger partial charge on any atom is -0.228 e. The normalized spacial score (nSPS) is 11.2. The molecule has 0 fully saturated rings. The van der Waals surface area contributed by atoms with Crippen LogP contribution >= 0.6 is 0 Å². The number of benzene rings is 12. The summed E-state index contributed by atoms with van der Waals surface area (Å²) >= 11 is 0. The molecule has 14 aromatic rings. The number of hydrogen-bond acceptors (Lipinski definition) is 4. The first-order valence-corrected chi connectivity index (χ1v) is 27.8. The van der Waals surface area contributed by atoms with Crippen LogP contribution in [0, 0.1) is 0 Å². The smallest absolute Gasteiger partial charge is 0.160 e. The summed E-state index contributed by atoms with van der Waals surface area (Å²) in [7, 11) is 0. The molecule has 0 N–H and O–H groups in total. The van der Waals surface area contributed by atoms with Gasteiger partial charge in [0, 0.05) is 33.4 Å². The molecular formula is C78H52N4. The second kappa shape index (κ2) is 22.1. The van der Waals surface area contributed by atoms with E-state index in [0.717, 1.165) is 89.5 Å². The van der Waals surface area contributed by atoms with Gasteiger partial charge in [0.1, 0.15) is 0 Å². The van der Waals surface area contributed by atoms with Crippen molar-refractivity contribution in [1.29, 1.82) is 0 Å². The van der Waals surface area contributed by atoms with Crippen molar-refractivity contribution in [3.8, 4) is 135 Å². The molecule has 0 amide bonds. The lowest BCUT2D eigenvalue weighted by atomic mass is 9.92. The van der Waals surface area contributed by atoms with E-state index < -0.39 is 0 Å². The molecule has 0 saturated carbocycles. The fraction of sp³-hybridized carbons (Fsp3) is 0. The van der Waals surface area contributed by atoms with Crippen molar-refractivity contribution in [3.63, 3.8) is 0 Å². The molecule has 0 atom stereocenters. The monoisotopic (exact) mass is 1040 g/mol. The first-order chi connectivity index (χ1) is 40.6. The Morgan fingerprint density at radius 1 is 0.146 bits per heavy atom. The molecule has 82 heavy (non-hydrogen) atoms. The van der Waals surface area contributed by atoms with Gasteiger partial charge in [0.25, 0.3) is 0 Å². The van der Waals surface area contributed by atoms with Gasteiger partial charge in [0.05, 0.1) is 22.8 Å². The van der Waals surface area contributed by atoms with Crippen molar-refractivity contribution in [2.45, 2.75) is 0 Å². The van der Waals surface area contributed by atoms with Crippen molar-refractivity contribution in [2.75, 3.05) is 0 Å². The minimum absolute atomic E-state index is 0.680. The van der Waals surface area contributed by atoms with E-state index in [1.165, 1.54) is 44.2 Å². The van der Waals surface area contributed by atoms with Crippen LogP contribution in [0.2, 0.25) is 0 Å². The Balaban J connectivity index is 0.774.